The van der Waals surface area contributed by atoms with Crippen LogP contribution in [-0.2, 0) is 4.79 Å². The third-order valence-electron chi connectivity index (χ3n) is 3.35. The third kappa shape index (κ3) is 1.23. The van der Waals surface area contributed by atoms with Crippen LogP contribution in [0.4, 0.5) is 5.69 Å². The lowest BCUT2D eigenvalue weighted by Crippen LogP contribution is -2.50. The summed E-state index contributed by atoms with van der Waals surface area (Å²) in [5, 5.41) is 6.28. The summed E-state index contributed by atoms with van der Waals surface area (Å²) in [6, 6.07) is 8.44. The van der Waals surface area contributed by atoms with Crippen LogP contribution in [0.15, 0.2) is 24.3 Å². The smallest absolute Gasteiger partial charge is 0.243 e. The maximum absolute atomic E-state index is 11.8. The van der Waals surface area contributed by atoms with Gasteiger partial charge in [0.25, 0.3) is 0 Å². The molecule has 0 radical (unpaired) electrons. The molecule has 0 aliphatic carbocycles. The molecule has 2 aliphatic rings. The molecule has 1 fully saturated rings. The second-order valence-corrected chi connectivity index (χ2v) is 4.46. The molecule has 78 valence electrons. The zero-order chi connectivity index (χ0) is 10.4. The van der Waals surface area contributed by atoms with Crippen molar-refractivity contribution in [2.24, 2.45) is 0 Å². The Kier molecular flexibility index (Phi) is 1.75. The fraction of sp³-hybridized carbons (Fsp3) is 0.417. The van der Waals surface area contributed by atoms with Crippen molar-refractivity contribution in [3.63, 3.8) is 0 Å². The summed E-state index contributed by atoms with van der Waals surface area (Å²) in [7, 11) is 0. The predicted molar refractivity (Wildman–Crippen MR) is 58.8 cm³/mol. The molecule has 3 atom stereocenters. The first kappa shape index (κ1) is 8.77. The van der Waals surface area contributed by atoms with Crippen LogP contribution in [0.1, 0.15) is 24.8 Å². The minimum Gasteiger partial charge on any atom is -0.373 e. The van der Waals surface area contributed by atoms with E-state index in [0.29, 0.717) is 5.92 Å². The van der Waals surface area contributed by atoms with Crippen molar-refractivity contribution >= 4 is 11.6 Å². The molecule has 1 amide bonds. The van der Waals surface area contributed by atoms with Crippen molar-refractivity contribution < 1.29 is 4.79 Å². The number of amides is 1. The number of piperidine rings is 1. The van der Waals surface area contributed by atoms with E-state index in [1.807, 2.05) is 18.2 Å². The zero-order valence-electron chi connectivity index (χ0n) is 8.66. The Balaban J connectivity index is 2.02. The van der Waals surface area contributed by atoms with Gasteiger partial charge in [-0.05, 0) is 25.0 Å². The number of para-hydroxylation sites is 1. The summed E-state index contributed by atoms with van der Waals surface area (Å²) < 4.78 is 0. The van der Waals surface area contributed by atoms with Gasteiger partial charge in [0.1, 0.15) is 6.04 Å². The highest BCUT2D eigenvalue weighted by Gasteiger charge is 2.41. The Morgan fingerprint density at radius 1 is 1.27 bits per heavy atom. The standard InChI is InChI=1S/C12H14N2O/c1-7-6-9-8-4-2-3-5-10(8)14-11(9)12(15)13-7/h2-5,7,9,11,14H,6H2,1H3,(H,13,15)/t7-,9-,11-/m1/s1. The first-order valence-electron chi connectivity index (χ1n) is 5.41. The van der Waals surface area contributed by atoms with Gasteiger partial charge >= 0.3 is 0 Å². The number of fused-ring (bicyclic) bond motifs is 3. The Hall–Kier alpha value is -1.51. The second kappa shape index (κ2) is 2.99. The SMILES string of the molecule is C[C@@H]1C[C@@H]2c3ccccc3N[C@H]2C(=O)N1. The number of benzene rings is 1. The molecule has 1 saturated heterocycles. The summed E-state index contributed by atoms with van der Waals surface area (Å²) in [6.07, 6.45) is 1.03. The van der Waals surface area contributed by atoms with Crippen LogP contribution in [0.3, 0.4) is 0 Å². The van der Waals surface area contributed by atoms with E-state index in [2.05, 4.69) is 23.6 Å². The highest BCUT2D eigenvalue weighted by atomic mass is 16.2. The van der Waals surface area contributed by atoms with E-state index < -0.39 is 0 Å². The van der Waals surface area contributed by atoms with Crippen LogP contribution in [-0.4, -0.2) is 18.0 Å². The molecule has 15 heavy (non-hydrogen) atoms. The van der Waals surface area contributed by atoms with Crippen molar-refractivity contribution in [1.82, 2.24) is 5.32 Å². The van der Waals surface area contributed by atoms with Crippen LogP contribution in [0.5, 0.6) is 0 Å². The molecule has 0 bridgehead atoms. The molecule has 1 aromatic carbocycles. The summed E-state index contributed by atoms with van der Waals surface area (Å²) in [5.41, 5.74) is 2.42. The fourth-order valence-electron chi connectivity index (χ4n) is 2.68. The van der Waals surface area contributed by atoms with E-state index in [1.165, 1.54) is 5.56 Å². The molecular weight excluding hydrogens is 188 g/mol. The second-order valence-electron chi connectivity index (χ2n) is 4.46. The van der Waals surface area contributed by atoms with Crippen molar-refractivity contribution in [3.8, 4) is 0 Å². The molecular formula is C12H14N2O. The number of anilines is 1. The van der Waals surface area contributed by atoms with Crippen molar-refractivity contribution in [2.75, 3.05) is 5.32 Å². The van der Waals surface area contributed by atoms with Gasteiger partial charge in [-0.15, -0.1) is 0 Å². The van der Waals surface area contributed by atoms with Gasteiger partial charge in [-0.2, -0.15) is 0 Å². The van der Waals surface area contributed by atoms with Crippen LogP contribution >= 0.6 is 0 Å². The Bertz CT molecular complexity index is 416. The number of hydrogen-bond acceptors (Lipinski definition) is 2. The number of nitrogens with one attached hydrogen (secondary N) is 2. The number of rotatable bonds is 0. The third-order valence-corrected chi connectivity index (χ3v) is 3.35. The first-order valence-corrected chi connectivity index (χ1v) is 5.41. The largest absolute Gasteiger partial charge is 0.373 e. The number of carbonyl (C=O) groups is 1. The first-order chi connectivity index (χ1) is 7.25. The highest BCUT2D eigenvalue weighted by molar-refractivity contribution is 5.89. The molecule has 2 aliphatic heterocycles. The fourth-order valence-corrected chi connectivity index (χ4v) is 2.68. The lowest BCUT2D eigenvalue weighted by atomic mass is 9.85. The lowest BCUT2D eigenvalue weighted by molar-refractivity contribution is -0.124. The van der Waals surface area contributed by atoms with Crippen LogP contribution in [0, 0.1) is 0 Å². The van der Waals surface area contributed by atoms with E-state index in [9.17, 15) is 4.79 Å². The average molecular weight is 202 g/mol. The Morgan fingerprint density at radius 3 is 2.93 bits per heavy atom. The van der Waals surface area contributed by atoms with Crippen LogP contribution in [0.2, 0.25) is 0 Å². The molecule has 0 unspecified atom stereocenters. The molecule has 0 saturated carbocycles. The molecule has 2 heterocycles. The average Bonchev–Trinajstić information content (AvgIpc) is 2.57. The summed E-state index contributed by atoms with van der Waals surface area (Å²) in [6.45, 7) is 2.06. The van der Waals surface area contributed by atoms with Gasteiger partial charge in [0.15, 0.2) is 0 Å². The van der Waals surface area contributed by atoms with Crippen molar-refractivity contribution in [3.05, 3.63) is 29.8 Å². The summed E-state index contributed by atoms with van der Waals surface area (Å²) in [5.74, 6) is 0.486. The maximum Gasteiger partial charge on any atom is 0.243 e. The monoisotopic (exact) mass is 202 g/mol. The molecule has 0 aromatic heterocycles. The molecule has 3 rings (SSSR count). The molecule has 3 nitrogen and oxygen atoms in total. The van der Waals surface area contributed by atoms with Gasteiger partial charge < -0.3 is 10.6 Å². The van der Waals surface area contributed by atoms with Gasteiger partial charge in [-0.25, -0.2) is 0 Å². The van der Waals surface area contributed by atoms with Crippen LogP contribution in [0.25, 0.3) is 0 Å². The topological polar surface area (TPSA) is 41.1 Å². The molecule has 2 N–H and O–H groups in total. The van der Waals surface area contributed by atoms with Gasteiger partial charge in [0.2, 0.25) is 5.91 Å². The Morgan fingerprint density at radius 2 is 2.07 bits per heavy atom. The number of hydrogen-bond donors (Lipinski definition) is 2. The molecule has 1 aromatic rings. The maximum atomic E-state index is 11.8. The predicted octanol–water partition coefficient (Wildman–Crippen LogP) is 1.47. The van der Waals surface area contributed by atoms with Gasteiger partial charge in [0, 0.05) is 17.6 Å². The van der Waals surface area contributed by atoms with E-state index in [4.69, 9.17) is 0 Å². The van der Waals surface area contributed by atoms with Gasteiger partial charge in [-0.1, -0.05) is 18.2 Å². The van der Waals surface area contributed by atoms with Crippen molar-refractivity contribution in [1.29, 1.82) is 0 Å². The van der Waals surface area contributed by atoms with Gasteiger partial charge in [-0.3, -0.25) is 4.79 Å². The normalized spacial score (nSPS) is 32.6. The van der Waals surface area contributed by atoms with Crippen LogP contribution < -0.4 is 10.6 Å². The minimum atomic E-state index is -0.0569. The molecule has 0 spiro atoms. The van der Waals surface area contributed by atoms with E-state index in [0.717, 1.165) is 12.1 Å². The zero-order valence-corrected chi connectivity index (χ0v) is 8.66. The van der Waals surface area contributed by atoms with Gasteiger partial charge in [0.05, 0.1) is 0 Å². The summed E-state index contributed by atoms with van der Waals surface area (Å²) in [4.78, 5) is 11.8. The van der Waals surface area contributed by atoms with Crippen molar-refractivity contribution in [2.45, 2.75) is 31.3 Å². The highest BCUT2D eigenvalue weighted by Crippen LogP contribution is 2.40. The van der Waals surface area contributed by atoms with E-state index >= 15 is 0 Å². The Labute approximate surface area is 88.9 Å². The minimum absolute atomic E-state index is 0.0569. The summed E-state index contributed by atoms with van der Waals surface area (Å²) >= 11 is 0. The lowest BCUT2D eigenvalue weighted by Gasteiger charge is -2.30. The van der Waals surface area contributed by atoms with E-state index in [-0.39, 0.29) is 18.0 Å². The molecule has 3 heteroatoms. The van der Waals surface area contributed by atoms with E-state index in [1.54, 1.807) is 0 Å². The number of carbonyl (C=O) groups excluding carboxylic acids is 1. The quantitative estimate of drug-likeness (QED) is 0.669.